The minimum Gasteiger partial charge on any atom is -0.325 e. The van der Waals surface area contributed by atoms with Gasteiger partial charge in [-0.05, 0) is 70.0 Å². The fourth-order valence-electron chi connectivity index (χ4n) is 3.49. The molecular formula is C22H24ClN3O. The Hall–Kier alpha value is -2.59. The van der Waals surface area contributed by atoms with Gasteiger partial charge in [-0.1, -0.05) is 29.3 Å². The maximum atomic E-state index is 12.7. The van der Waals surface area contributed by atoms with E-state index in [1.807, 2.05) is 56.6 Å². The van der Waals surface area contributed by atoms with Crippen LogP contribution in [0.4, 0.5) is 5.69 Å². The van der Waals surface area contributed by atoms with Crippen LogP contribution in [-0.4, -0.2) is 15.7 Å². The summed E-state index contributed by atoms with van der Waals surface area (Å²) in [6, 6.07) is 11.7. The number of nitrogens with one attached hydrogen (secondary N) is 1. The third kappa shape index (κ3) is 4.06. The average molecular weight is 382 g/mol. The van der Waals surface area contributed by atoms with E-state index in [1.54, 1.807) is 0 Å². The van der Waals surface area contributed by atoms with Gasteiger partial charge in [0, 0.05) is 22.0 Å². The number of halogens is 1. The van der Waals surface area contributed by atoms with Crippen molar-refractivity contribution < 1.29 is 4.79 Å². The molecule has 1 aromatic heterocycles. The number of anilines is 1. The van der Waals surface area contributed by atoms with E-state index in [-0.39, 0.29) is 12.3 Å². The van der Waals surface area contributed by atoms with E-state index in [1.165, 1.54) is 5.56 Å². The smallest absolute Gasteiger partial charge is 0.228 e. The highest BCUT2D eigenvalue weighted by atomic mass is 35.5. The van der Waals surface area contributed by atoms with Crippen molar-refractivity contribution in [1.29, 1.82) is 0 Å². The van der Waals surface area contributed by atoms with E-state index >= 15 is 0 Å². The highest BCUT2D eigenvalue weighted by molar-refractivity contribution is 6.30. The Morgan fingerprint density at radius 3 is 2.22 bits per heavy atom. The Balaban J connectivity index is 1.84. The van der Waals surface area contributed by atoms with Crippen LogP contribution in [0.15, 0.2) is 36.4 Å². The van der Waals surface area contributed by atoms with E-state index < -0.39 is 0 Å². The first kappa shape index (κ1) is 19.2. The van der Waals surface area contributed by atoms with Crippen molar-refractivity contribution in [3.63, 3.8) is 0 Å². The zero-order valence-corrected chi connectivity index (χ0v) is 17.1. The van der Waals surface area contributed by atoms with Gasteiger partial charge in [0.2, 0.25) is 5.91 Å². The van der Waals surface area contributed by atoms with Crippen LogP contribution < -0.4 is 5.32 Å². The molecule has 1 heterocycles. The first-order chi connectivity index (χ1) is 12.8. The third-order valence-electron chi connectivity index (χ3n) is 4.79. The van der Waals surface area contributed by atoms with Crippen molar-refractivity contribution in [2.45, 2.75) is 41.0 Å². The number of benzene rings is 2. The maximum Gasteiger partial charge on any atom is 0.228 e. The van der Waals surface area contributed by atoms with Gasteiger partial charge in [0.05, 0.1) is 17.8 Å². The van der Waals surface area contributed by atoms with Gasteiger partial charge >= 0.3 is 0 Å². The molecule has 0 aliphatic rings. The van der Waals surface area contributed by atoms with Crippen molar-refractivity contribution in [2.24, 2.45) is 0 Å². The fraction of sp³-hybridized carbons (Fsp3) is 0.273. The molecule has 3 aromatic rings. The molecule has 1 N–H and O–H groups in total. The standard InChI is InChI=1S/C22H24ClN3O/c1-13-10-14(2)22(15(3)11-13)24-21(27)12-20-16(4)25-26(17(20)5)19-8-6-18(23)7-9-19/h6-11H,12H2,1-5H3,(H,24,27). The molecule has 3 rings (SSSR count). The molecule has 0 aliphatic carbocycles. The molecule has 0 fully saturated rings. The van der Waals surface area contributed by atoms with E-state index in [0.717, 1.165) is 39.5 Å². The molecule has 0 radical (unpaired) electrons. The molecule has 0 bridgehead atoms. The molecule has 0 saturated heterocycles. The minimum atomic E-state index is -0.0353. The average Bonchev–Trinajstić information content (AvgIpc) is 2.87. The maximum absolute atomic E-state index is 12.7. The molecule has 0 spiro atoms. The van der Waals surface area contributed by atoms with Crippen molar-refractivity contribution >= 4 is 23.2 Å². The lowest BCUT2D eigenvalue weighted by atomic mass is 10.0. The fourth-order valence-corrected chi connectivity index (χ4v) is 3.61. The normalized spacial score (nSPS) is 10.9. The molecular weight excluding hydrogens is 358 g/mol. The van der Waals surface area contributed by atoms with Crippen molar-refractivity contribution in [1.82, 2.24) is 9.78 Å². The van der Waals surface area contributed by atoms with Gasteiger partial charge in [0.15, 0.2) is 0 Å². The highest BCUT2D eigenvalue weighted by Gasteiger charge is 2.17. The topological polar surface area (TPSA) is 46.9 Å². The number of nitrogens with zero attached hydrogens (tertiary/aromatic N) is 2. The first-order valence-corrected chi connectivity index (χ1v) is 9.33. The summed E-state index contributed by atoms with van der Waals surface area (Å²) in [6.45, 7) is 10.0. The summed E-state index contributed by atoms with van der Waals surface area (Å²) >= 11 is 5.97. The summed E-state index contributed by atoms with van der Waals surface area (Å²) < 4.78 is 1.86. The van der Waals surface area contributed by atoms with Crippen LogP contribution in [0.25, 0.3) is 5.69 Å². The molecule has 0 saturated carbocycles. The zero-order valence-electron chi connectivity index (χ0n) is 16.4. The first-order valence-electron chi connectivity index (χ1n) is 8.95. The van der Waals surface area contributed by atoms with Crippen molar-refractivity contribution in [3.8, 4) is 5.69 Å². The summed E-state index contributed by atoms with van der Waals surface area (Å²) in [4.78, 5) is 12.7. The number of rotatable bonds is 4. The second-order valence-electron chi connectivity index (χ2n) is 7.04. The van der Waals surface area contributed by atoms with Crippen LogP contribution >= 0.6 is 11.6 Å². The Morgan fingerprint density at radius 1 is 1.04 bits per heavy atom. The van der Waals surface area contributed by atoms with E-state index in [2.05, 4.69) is 29.5 Å². The van der Waals surface area contributed by atoms with Crippen LogP contribution in [0, 0.1) is 34.6 Å². The number of carbonyl (C=O) groups is 1. The summed E-state index contributed by atoms with van der Waals surface area (Å²) in [5.74, 6) is -0.0353. The monoisotopic (exact) mass is 381 g/mol. The molecule has 27 heavy (non-hydrogen) atoms. The Bertz CT molecular complexity index is 980. The van der Waals surface area contributed by atoms with E-state index in [4.69, 9.17) is 11.6 Å². The Morgan fingerprint density at radius 2 is 1.63 bits per heavy atom. The number of amides is 1. The van der Waals surface area contributed by atoms with Gasteiger partial charge in [-0.2, -0.15) is 5.10 Å². The van der Waals surface area contributed by atoms with Gasteiger partial charge in [-0.25, -0.2) is 4.68 Å². The second kappa shape index (κ2) is 7.57. The van der Waals surface area contributed by atoms with Crippen LogP contribution in [0.2, 0.25) is 5.02 Å². The second-order valence-corrected chi connectivity index (χ2v) is 7.47. The van der Waals surface area contributed by atoms with Crippen molar-refractivity contribution in [2.75, 3.05) is 5.32 Å². The minimum absolute atomic E-state index is 0.0353. The number of carbonyl (C=O) groups excluding carboxylic acids is 1. The third-order valence-corrected chi connectivity index (χ3v) is 5.04. The number of aryl methyl sites for hydroxylation is 4. The molecule has 2 aromatic carbocycles. The van der Waals surface area contributed by atoms with Crippen LogP contribution in [0.5, 0.6) is 0 Å². The van der Waals surface area contributed by atoms with Gasteiger partial charge in [0.1, 0.15) is 0 Å². The Kier molecular flexibility index (Phi) is 5.38. The zero-order chi connectivity index (χ0) is 19.7. The Labute approximate surface area is 165 Å². The van der Waals surface area contributed by atoms with E-state index in [9.17, 15) is 4.79 Å². The molecule has 0 atom stereocenters. The lowest BCUT2D eigenvalue weighted by Crippen LogP contribution is -2.17. The predicted octanol–water partition coefficient (Wildman–Crippen LogP) is 5.25. The van der Waals surface area contributed by atoms with Crippen LogP contribution in [0.1, 0.15) is 33.6 Å². The lowest BCUT2D eigenvalue weighted by Gasteiger charge is -2.13. The predicted molar refractivity (Wildman–Crippen MR) is 111 cm³/mol. The lowest BCUT2D eigenvalue weighted by molar-refractivity contribution is -0.115. The summed E-state index contributed by atoms with van der Waals surface area (Å²) in [6.07, 6.45) is 0.290. The van der Waals surface area contributed by atoms with Gasteiger partial charge in [-0.15, -0.1) is 0 Å². The van der Waals surface area contributed by atoms with Crippen LogP contribution in [-0.2, 0) is 11.2 Å². The quantitative estimate of drug-likeness (QED) is 0.670. The molecule has 1 amide bonds. The molecule has 0 aliphatic heterocycles. The van der Waals surface area contributed by atoms with Gasteiger partial charge in [-0.3, -0.25) is 4.79 Å². The molecule has 140 valence electrons. The van der Waals surface area contributed by atoms with E-state index in [0.29, 0.717) is 5.02 Å². The molecule has 4 nitrogen and oxygen atoms in total. The SMILES string of the molecule is Cc1cc(C)c(NC(=O)Cc2c(C)nn(-c3ccc(Cl)cc3)c2C)c(C)c1. The number of hydrogen-bond donors (Lipinski definition) is 1. The summed E-state index contributed by atoms with van der Waals surface area (Å²) in [5.41, 5.74) is 7.93. The number of hydrogen-bond acceptors (Lipinski definition) is 2. The van der Waals surface area contributed by atoms with Crippen molar-refractivity contribution in [3.05, 3.63) is 75.1 Å². The number of aromatic nitrogens is 2. The van der Waals surface area contributed by atoms with Crippen LogP contribution in [0.3, 0.4) is 0 Å². The summed E-state index contributed by atoms with van der Waals surface area (Å²) in [5, 5.41) is 8.37. The summed E-state index contributed by atoms with van der Waals surface area (Å²) in [7, 11) is 0. The molecule has 5 heteroatoms. The van der Waals surface area contributed by atoms with Gasteiger partial charge in [0.25, 0.3) is 0 Å². The highest BCUT2D eigenvalue weighted by Crippen LogP contribution is 2.24. The largest absolute Gasteiger partial charge is 0.325 e. The van der Waals surface area contributed by atoms with Gasteiger partial charge < -0.3 is 5.32 Å². The molecule has 0 unspecified atom stereocenters.